The zero-order valence-corrected chi connectivity index (χ0v) is 36.6. The lowest BCUT2D eigenvalue weighted by Crippen LogP contribution is -2.46. The van der Waals surface area contributed by atoms with Crippen molar-refractivity contribution < 1.29 is 24.5 Å². The van der Waals surface area contributed by atoms with E-state index in [0.717, 1.165) is 44.9 Å². The van der Waals surface area contributed by atoms with Gasteiger partial charge in [-0.05, 0) is 25.7 Å². The second-order valence-corrected chi connectivity index (χ2v) is 16.9. The van der Waals surface area contributed by atoms with Crippen molar-refractivity contribution in [3.63, 3.8) is 0 Å². The molecule has 0 aliphatic carbocycles. The van der Waals surface area contributed by atoms with Crippen LogP contribution in [-0.2, 0) is 14.3 Å². The van der Waals surface area contributed by atoms with Crippen molar-refractivity contribution in [2.75, 3.05) is 6.61 Å². The molecule has 0 saturated carbocycles. The third-order valence-corrected chi connectivity index (χ3v) is 11.4. The highest BCUT2D eigenvalue weighted by Crippen LogP contribution is 2.18. The molecule has 0 fully saturated rings. The van der Waals surface area contributed by atoms with Gasteiger partial charge in [-0.3, -0.25) is 9.59 Å². The maximum absolute atomic E-state index is 13.1. The van der Waals surface area contributed by atoms with Crippen LogP contribution in [0.4, 0.5) is 0 Å². The summed E-state index contributed by atoms with van der Waals surface area (Å²) in [6.07, 6.45) is 44.4. The van der Waals surface area contributed by atoms with Crippen LogP contribution in [0.2, 0.25) is 0 Å². The monoisotopic (exact) mass is 766 g/mol. The average Bonchev–Trinajstić information content (AvgIpc) is 3.16. The summed E-state index contributed by atoms with van der Waals surface area (Å²) in [7, 11) is 0. The molecule has 0 bridgehead atoms. The zero-order chi connectivity index (χ0) is 39.6. The topological polar surface area (TPSA) is 95.9 Å². The molecule has 54 heavy (non-hydrogen) atoms. The van der Waals surface area contributed by atoms with Crippen LogP contribution in [0.3, 0.4) is 0 Å². The minimum Gasteiger partial charge on any atom is -0.462 e. The van der Waals surface area contributed by atoms with Gasteiger partial charge >= 0.3 is 5.97 Å². The quantitative estimate of drug-likeness (QED) is 0.0424. The Morgan fingerprint density at radius 3 is 1.13 bits per heavy atom. The maximum atomic E-state index is 13.1. The minimum atomic E-state index is -0.777. The fourth-order valence-electron chi connectivity index (χ4n) is 7.73. The number of hydrogen-bond donors (Lipinski definition) is 3. The molecule has 3 N–H and O–H groups in total. The van der Waals surface area contributed by atoms with E-state index in [0.29, 0.717) is 19.3 Å². The molecule has 0 heterocycles. The van der Waals surface area contributed by atoms with Gasteiger partial charge in [-0.2, -0.15) is 0 Å². The highest BCUT2D eigenvalue weighted by molar-refractivity contribution is 5.77. The lowest BCUT2D eigenvalue weighted by Gasteiger charge is -2.24. The van der Waals surface area contributed by atoms with E-state index in [9.17, 15) is 19.8 Å². The Morgan fingerprint density at radius 2 is 0.778 bits per heavy atom. The van der Waals surface area contributed by atoms with E-state index in [4.69, 9.17) is 4.74 Å². The van der Waals surface area contributed by atoms with Gasteiger partial charge in [-0.15, -0.1) is 0 Å². The number of hydrogen-bond acceptors (Lipinski definition) is 5. The van der Waals surface area contributed by atoms with Crippen molar-refractivity contribution in [2.24, 2.45) is 0 Å². The molecule has 0 radical (unpaired) electrons. The predicted octanol–water partition coefficient (Wildman–Crippen LogP) is 14.0. The molecule has 0 rings (SSSR count). The first-order valence-electron chi connectivity index (χ1n) is 24.3. The van der Waals surface area contributed by atoms with E-state index in [-0.39, 0.29) is 24.9 Å². The van der Waals surface area contributed by atoms with Crippen molar-refractivity contribution in [1.82, 2.24) is 5.32 Å². The van der Waals surface area contributed by atoms with Crippen molar-refractivity contribution in [3.8, 4) is 0 Å². The smallest absolute Gasteiger partial charge is 0.306 e. The summed E-state index contributed by atoms with van der Waals surface area (Å²) >= 11 is 0. The number of aliphatic hydroxyl groups excluding tert-OH is 2. The summed E-state index contributed by atoms with van der Waals surface area (Å²) in [5.41, 5.74) is 0. The SMILES string of the molecule is CCCCCCCCCCCCCCCCC(O)C(CO)NC(=O)CC(CCCCCCCCCCCC)OC(=O)CCCCCCCCCCCCC. The lowest BCUT2D eigenvalue weighted by molar-refractivity contribution is -0.151. The highest BCUT2D eigenvalue weighted by atomic mass is 16.5. The molecule has 1 amide bonds. The summed E-state index contributed by atoms with van der Waals surface area (Å²) in [6, 6.07) is -0.690. The van der Waals surface area contributed by atoms with E-state index < -0.39 is 18.2 Å². The summed E-state index contributed by atoms with van der Waals surface area (Å²) in [5, 5.41) is 23.7. The van der Waals surface area contributed by atoms with Gasteiger partial charge in [0.25, 0.3) is 0 Å². The normalized spacial score (nSPS) is 13.2. The first kappa shape index (κ1) is 52.9. The number of rotatable bonds is 44. The van der Waals surface area contributed by atoms with Gasteiger partial charge in [-0.25, -0.2) is 0 Å². The summed E-state index contributed by atoms with van der Waals surface area (Å²) in [6.45, 7) is 6.48. The van der Waals surface area contributed by atoms with Crippen LogP contribution in [0.5, 0.6) is 0 Å². The molecule has 0 aromatic rings. The van der Waals surface area contributed by atoms with Crippen LogP contribution in [0, 0.1) is 0 Å². The third-order valence-electron chi connectivity index (χ3n) is 11.4. The van der Waals surface area contributed by atoms with Crippen LogP contribution in [0.25, 0.3) is 0 Å². The van der Waals surface area contributed by atoms with Crippen LogP contribution >= 0.6 is 0 Å². The fourth-order valence-corrected chi connectivity index (χ4v) is 7.73. The standard InChI is InChI=1S/C48H95NO5/c1-4-7-10-13-16-19-22-23-24-26-28-31-34-37-40-46(51)45(43-50)49-47(52)42-44(39-36-33-30-27-21-18-15-12-9-6-3)54-48(53)41-38-35-32-29-25-20-17-14-11-8-5-2/h44-46,50-51H,4-43H2,1-3H3,(H,49,52). The Kier molecular flexibility index (Phi) is 42.1. The van der Waals surface area contributed by atoms with Crippen LogP contribution in [0.1, 0.15) is 271 Å². The molecule has 0 aromatic carbocycles. The van der Waals surface area contributed by atoms with E-state index in [1.807, 2.05) is 0 Å². The van der Waals surface area contributed by atoms with Crippen molar-refractivity contribution in [3.05, 3.63) is 0 Å². The number of ether oxygens (including phenoxy) is 1. The number of carbonyl (C=O) groups excluding carboxylic acids is 2. The fraction of sp³-hybridized carbons (Fsp3) is 0.958. The Morgan fingerprint density at radius 1 is 0.463 bits per heavy atom. The molecule has 0 aromatic heterocycles. The van der Waals surface area contributed by atoms with Crippen LogP contribution in [-0.4, -0.2) is 46.9 Å². The average molecular weight is 766 g/mol. The second-order valence-electron chi connectivity index (χ2n) is 16.9. The number of aliphatic hydroxyl groups is 2. The first-order chi connectivity index (χ1) is 26.5. The molecule has 0 aliphatic heterocycles. The number of nitrogens with one attached hydrogen (secondary N) is 1. The van der Waals surface area contributed by atoms with E-state index >= 15 is 0 Å². The molecule has 0 aliphatic rings. The molecule has 3 atom stereocenters. The molecule has 0 spiro atoms. The number of carbonyl (C=O) groups is 2. The van der Waals surface area contributed by atoms with Gasteiger partial charge in [0.05, 0.1) is 25.2 Å². The summed E-state index contributed by atoms with van der Waals surface area (Å²) in [5.74, 6) is -0.457. The van der Waals surface area contributed by atoms with Crippen LogP contribution < -0.4 is 5.32 Å². The Balaban J connectivity index is 4.46. The molecule has 322 valence electrons. The van der Waals surface area contributed by atoms with Crippen molar-refractivity contribution in [2.45, 2.75) is 289 Å². The first-order valence-corrected chi connectivity index (χ1v) is 24.3. The molecule has 3 unspecified atom stereocenters. The predicted molar refractivity (Wildman–Crippen MR) is 232 cm³/mol. The third kappa shape index (κ3) is 37.8. The highest BCUT2D eigenvalue weighted by Gasteiger charge is 2.24. The van der Waals surface area contributed by atoms with Gasteiger partial charge in [0, 0.05) is 6.42 Å². The maximum Gasteiger partial charge on any atom is 0.306 e. The second kappa shape index (κ2) is 43.0. The summed E-state index contributed by atoms with van der Waals surface area (Å²) in [4.78, 5) is 26.0. The number of esters is 1. The Bertz CT molecular complexity index is 776. The van der Waals surface area contributed by atoms with E-state index in [1.54, 1.807) is 0 Å². The lowest BCUT2D eigenvalue weighted by atomic mass is 10.0. The molecular formula is C48H95NO5. The zero-order valence-electron chi connectivity index (χ0n) is 36.6. The van der Waals surface area contributed by atoms with E-state index in [1.165, 1.54) is 180 Å². The summed E-state index contributed by atoms with van der Waals surface area (Å²) < 4.78 is 5.90. The largest absolute Gasteiger partial charge is 0.462 e. The minimum absolute atomic E-state index is 0.0868. The van der Waals surface area contributed by atoms with E-state index in [2.05, 4.69) is 26.1 Å². The molecule has 6 heteroatoms. The molecule has 6 nitrogen and oxygen atoms in total. The van der Waals surface area contributed by atoms with Crippen molar-refractivity contribution >= 4 is 11.9 Å². The van der Waals surface area contributed by atoms with Crippen LogP contribution in [0.15, 0.2) is 0 Å². The molecular weight excluding hydrogens is 671 g/mol. The molecule has 0 saturated heterocycles. The van der Waals surface area contributed by atoms with Gasteiger partial charge < -0.3 is 20.3 Å². The van der Waals surface area contributed by atoms with Crippen molar-refractivity contribution in [1.29, 1.82) is 0 Å². The Labute approximate surface area is 336 Å². The van der Waals surface area contributed by atoms with Gasteiger partial charge in [0.1, 0.15) is 6.10 Å². The Hall–Kier alpha value is -1.14. The number of amides is 1. The van der Waals surface area contributed by atoms with Gasteiger partial charge in [-0.1, -0.05) is 233 Å². The van der Waals surface area contributed by atoms with Gasteiger partial charge in [0.15, 0.2) is 0 Å². The number of unbranched alkanes of at least 4 members (excludes halogenated alkanes) is 32. The van der Waals surface area contributed by atoms with Gasteiger partial charge in [0.2, 0.25) is 5.91 Å².